The van der Waals surface area contributed by atoms with Crippen molar-refractivity contribution in [3.05, 3.63) is 126 Å². The summed E-state index contributed by atoms with van der Waals surface area (Å²) in [5.41, 5.74) is 3.56. The SMILES string of the molecule is Cc1cc(C2CCN(C(=O)OC(C)(C)C)CC2)ccc1CP(Br)(c1ccccc1)(c1ccccc1)c1ccccc1. The van der Waals surface area contributed by atoms with E-state index in [4.69, 9.17) is 4.74 Å². The molecule has 4 aromatic carbocycles. The van der Waals surface area contributed by atoms with Crippen molar-refractivity contribution in [3.63, 3.8) is 0 Å². The second-order valence-electron chi connectivity index (χ2n) is 12.3. The molecule has 1 fully saturated rings. The Labute approximate surface area is 253 Å². The molecule has 4 aromatic rings. The van der Waals surface area contributed by atoms with Crippen molar-refractivity contribution >= 4 is 42.8 Å². The van der Waals surface area contributed by atoms with Crippen LogP contribution in [0, 0.1) is 6.92 Å². The molecule has 214 valence electrons. The van der Waals surface area contributed by atoms with Crippen LogP contribution in [-0.2, 0) is 10.9 Å². The van der Waals surface area contributed by atoms with Gasteiger partial charge in [-0.25, -0.2) is 0 Å². The molecule has 5 heteroatoms. The van der Waals surface area contributed by atoms with Gasteiger partial charge in [-0.3, -0.25) is 0 Å². The third kappa shape index (κ3) is 6.01. The molecule has 1 amide bonds. The topological polar surface area (TPSA) is 29.5 Å². The van der Waals surface area contributed by atoms with Crippen LogP contribution in [0.4, 0.5) is 4.79 Å². The molecule has 0 radical (unpaired) electrons. The molecule has 0 aliphatic carbocycles. The van der Waals surface area contributed by atoms with Crippen molar-refractivity contribution in [2.75, 3.05) is 13.1 Å². The number of piperidine rings is 1. The van der Waals surface area contributed by atoms with Crippen molar-refractivity contribution < 1.29 is 9.53 Å². The van der Waals surface area contributed by atoms with E-state index in [0.29, 0.717) is 5.92 Å². The second-order valence-corrected chi connectivity index (χ2v) is 21.2. The molecular formula is C36H41BrNO2P. The summed E-state index contributed by atoms with van der Waals surface area (Å²) in [4.78, 5) is 14.4. The summed E-state index contributed by atoms with van der Waals surface area (Å²) in [6, 6.07) is 40.0. The monoisotopic (exact) mass is 629 g/mol. The Morgan fingerprint density at radius 3 is 1.68 bits per heavy atom. The van der Waals surface area contributed by atoms with Gasteiger partial charge in [0.2, 0.25) is 0 Å². The van der Waals surface area contributed by atoms with Gasteiger partial charge < -0.3 is 0 Å². The van der Waals surface area contributed by atoms with Crippen LogP contribution in [0.15, 0.2) is 109 Å². The van der Waals surface area contributed by atoms with Gasteiger partial charge in [-0.1, -0.05) is 0 Å². The van der Waals surface area contributed by atoms with Crippen LogP contribution in [0.5, 0.6) is 0 Å². The fraction of sp³-hybridized carbons (Fsp3) is 0.306. The van der Waals surface area contributed by atoms with E-state index < -0.39 is 10.9 Å². The third-order valence-electron chi connectivity index (χ3n) is 8.34. The van der Waals surface area contributed by atoms with E-state index in [1.165, 1.54) is 32.6 Å². The number of ether oxygens (including phenoxy) is 1. The van der Waals surface area contributed by atoms with Gasteiger partial charge in [0, 0.05) is 0 Å². The predicted octanol–water partition coefficient (Wildman–Crippen LogP) is 8.45. The Bertz CT molecular complexity index is 1380. The Kier molecular flexibility index (Phi) is 8.46. The number of amides is 1. The summed E-state index contributed by atoms with van der Waals surface area (Å²) < 4.78 is 5.60. The van der Waals surface area contributed by atoms with E-state index in [1.807, 2.05) is 25.7 Å². The minimum absolute atomic E-state index is 0.200. The van der Waals surface area contributed by atoms with E-state index in [9.17, 15) is 4.79 Å². The molecule has 1 saturated heterocycles. The molecule has 0 bridgehead atoms. The van der Waals surface area contributed by atoms with Crippen molar-refractivity contribution in [3.8, 4) is 0 Å². The van der Waals surface area contributed by atoms with Crippen molar-refractivity contribution in [2.45, 2.75) is 58.2 Å². The van der Waals surface area contributed by atoms with Crippen molar-refractivity contribution in [1.29, 1.82) is 0 Å². The van der Waals surface area contributed by atoms with Crippen LogP contribution in [0.25, 0.3) is 0 Å². The molecule has 1 aliphatic heterocycles. The number of carbonyl (C=O) groups is 1. The van der Waals surface area contributed by atoms with Gasteiger partial charge >= 0.3 is 234 Å². The summed E-state index contributed by atoms with van der Waals surface area (Å²) in [5.74, 6) is 0.443. The molecule has 0 unspecified atom stereocenters. The number of benzene rings is 4. The Hall–Kier alpha value is -2.94. The first kappa shape index (κ1) is 29.5. The first-order valence-electron chi connectivity index (χ1n) is 14.6. The van der Waals surface area contributed by atoms with E-state index in [2.05, 4.69) is 132 Å². The fourth-order valence-corrected chi connectivity index (χ4v) is 13.9. The number of nitrogens with zero attached hydrogens (tertiary/aromatic N) is 1. The molecule has 0 atom stereocenters. The summed E-state index contributed by atoms with van der Waals surface area (Å²) in [7, 11) is 0. The van der Waals surface area contributed by atoms with Crippen LogP contribution in [0.2, 0.25) is 0 Å². The number of halogens is 1. The van der Waals surface area contributed by atoms with E-state index in [0.717, 1.165) is 32.1 Å². The summed E-state index contributed by atoms with van der Waals surface area (Å²) in [6.45, 7) is 9.48. The summed E-state index contributed by atoms with van der Waals surface area (Å²) >= 11 is 4.61. The maximum atomic E-state index is 12.6. The normalized spacial score (nSPS) is 15.6. The molecule has 5 rings (SSSR count). The summed E-state index contributed by atoms with van der Waals surface area (Å²) in [6.07, 6.45) is 2.59. The predicted molar refractivity (Wildman–Crippen MR) is 179 cm³/mol. The third-order valence-corrected chi connectivity index (χ3v) is 17.8. The molecule has 0 spiro atoms. The molecule has 0 aromatic heterocycles. The van der Waals surface area contributed by atoms with Crippen molar-refractivity contribution in [1.82, 2.24) is 4.90 Å². The first-order valence-corrected chi connectivity index (χ1v) is 19.0. The van der Waals surface area contributed by atoms with Crippen LogP contribution in [-0.4, -0.2) is 29.7 Å². The molecule has 1 heterocycles. The zero-order valence-corrected chi connectivity index (χ0v) is 27.1. The van der Waals surface area contributed by atoms with Gasteiger partial charge in [0.25, 0.3) is 0 Å². The number of likely N-dealkylation sites (tertiary alicyclic amines) is 1. The second kappa shape index (κ2) is 11.7. The molecule has 1 aliphatic rings. The molecule has 0 N–H and O–H groups in total. The average molecular weight is 631 g/mol. The van der Waals surface area contributed by atoms with Gasteiger partial charge in [-0.05, 0) is 20.8 Å². The number of aryl methyl sites for hydroxylation is 1. The molecule has 3 nitrogen and oxygen atoms in total. The average Bonchev–Trinajstić information content (AvgIpc) is 2.99. The quantitative estimate of drug-likeness (QED) is 0.200. The van der Waals surface area contributed by atoms with Crippen LogP contribution < -0.4 is 15.9 Å². The van der Waals surface area contributed by atoms with Gasteiger partial charge in [0.1, 0.15) is 0 Å². The number of hydrogen-bond acceptors (Lipinski definition) is 2. The minimum atomic E-state index is -3.06. The first-order chi connectivity index (χ1) is 19.6. The van der Waals surface area contributed by atoms with Crippen molar-refractivity contribution in [2.24, 2.45) is 0 Å². The van der Waals surface area contributed by atoms with Crippen LogP contribution in [0.1, 0.15) is 56.2 Å². The fourth-order valence-electron chi connectivity index (χ4n) is 6.13. The van der Waals surface area contributed by atoms with Crippen LogP contribution in [0.3, 0.4) is 0 Å². The zero-order valence-electron chi connectivity index (χ0n) is 24.6. The van der Waals surface area contributed by atoms with Gasteiger partial charge in [-0.2, -0.15) is 0 Å². The number of hydrogen-bond donors (Lipinski definition) is 0. The standard InChI is InChI=1S/C36H41BrNO2P/c1-28-26-30(29-22-24-38(25-23-29)35(39)40-36(2,3)4)20-21-31(28)27-41(37,32-14-8-5-9-15-32,33-16-10-6-11-17-33)34-18-12-7-13-19-34/h5-21,26,29H,22-25,27H2,1-4H3. The summed E-state index contributed by atoms with van der Waals surface area (Å²) in [5, 5.41) is 0.920. The molecule has 0 saturated carbocycles. The van der Waals surface area contributed by atoms with Crippen LogP contribution >= 0.6 is 20.8 Å². The number of carbonyl (C=O) groups excluding carboxylic acids is 1. The van der Waals surface area contributed by atoms with Gasteiger partial charge in [-0.15, -0.1) is 0 Å². The van der Waals surface area contributed by atoms with E-state index in [1.54, 1.807) is 0 Å². The number of rotatable bonds is 6. The van der Waals surface area contributed by atoms with E-state index >= 15 is 0 Å². The Morgan fingerprint density at radius 2 is 1.27 bits per heavy atom. The van der Waals surface area contributed by atoms with Gasteiger partial charge in [0.15, 0.2) is 0 Å². The molecule has 41 heavy (non-hydrogen) atoms. The Morgan fingerprint density at radius 1 is 0.805 bits per heavy atom. The maximum absolute atomic E-state index is 12.6. The zero-order chi connectivity index (χ0) is 29.1. The van der Waals surface area contributed by atoms with E-state index in [-0.39, 0.29) is 6.09 Å². The Balaban J connectivity index is 1.49. The van der Waals surface area contributed by atoms with Gasteiger partial charge in [0.05, 0.1) is 0 Å². The molecular weight excluding hydrogens is 589 g/mol.